The van der Waals surface area contributed by atoms with Gasteiger partial charge in [-0.2, -0.15) is 0 Å². The molecule has 0 atom stereocenters. The van der Waals surface area contributed by atoms with Crippen molar-refractivity contribution in [2.45, 2.75) is 27.1 Å². The second-order valence-corrected chi connectivity index (χ2v) is 5.87. The molecule has 0 aliphatic carbocycles. The molecule has 3 rings (SSSR count). The number of nitrogens with zero attached hydrogens (tertiary/aromatic N) is 2. The van der Waals surface area contributed by atoms with Crippen molar-refractivity contribution in [2.24, 2.45) is 11.7 Å². The summed E-state index contributed by atoms with van der Waals surface area (Å²) in [5.74, 6) is 10.9. The van der Waals surface area contributed by atoms with E-state index in [1.54, 1.807) is 58.5 Å². The summed E-state index contributed by atoms with van der Waals surface area (Å²) >= 11 is 0. The molecular weight excluding hydrogens is 356 g/mol. The van der Waals surface area contributed by atoms with Crippen LogP contribution in [0.25, 0.3) is 0 Å². The van der Waals surface area contributed by atoms with Gasteiger partial charge in [0, 0.05) is 37.6 Å². The Hall–Kier alpha value is -2.20. The van der Waals surface area contributed by atoms with Crippen molar-refractivity contribution in [2.75, 3.05) is 37.6 Å². The van der Waals surface area contributed by atoms with Crippen LogP contribution in [0.2, 0.25) is 0 Å². The Balaban J connectivity index is 0.000000374. The number of hydrazine groups is 2. The van der Waals surface area contributed by atoms with Crippen molar-refractivity contribution in [1.29, 1.82) is 0 Å². The highest BCUT2D eigenvalue weighted by atomic mass is 16.3. The lowest BCUT2D eigenvalue weighted by Crippen LogP contribution is -2.51. The SMILES string of the molecule is CC.NN1CCN(N)CC1.Nc1ccc(CO)cc1.Nc1ccc(CO)cc1. The average Bonchev–Trinajstić information content (AvgIpc) is 2.74. The van der Waals surface area contributed by atoms with Crippen molar-refractivity contribution < 1.29 is 10.2 Å². The van der Waals surface area contributed by atoms with Gasteiger partial charge in [0.15, 0.2) is 0 Å². The molecule has 0 bridgehead atoms. The normalized spacial score (nSPS) is 13.8. The summed E-state index contributed by atoms with van der Waals surface area (Å²) in [7, 11) is 0. The Morgan fingerprint density at radius 3 is 1.11 bits per heavy atom. The third-order valence-corrected chi connectivity index (χ3v) is 3.67. The smallest absolute Gasteiger partial charge is 0.0681 e. The molecule has 0 aromatic heterocycles. The number of aliphatic hydroxyl groups excluding tert-OH is 2. The topological polar surface area (TPSA) is 151 Å². The van der Waals surface area contributed by atoms with E-state index < -0.39 is 0 Å². The largest absolute Gasteiger partial charge is 0.399 e. The minimum atomic E-state index is 0.0836. The molecule has 10 N–H and O–H groups in total. The molecule has 8 nitrogen and oxygen atoms in total. The monoisotopic (exact) mass is 392 g/mol. The number of hydrogen-bond donors (Lipinski definition) is 6. The summed E-state index contributed by atoms with van der Waals surface area (Å²) < 4.78 is 0. The Labute approximate surface area is 168 Å². The molecule has 1 saturated heterocycles. The van der Waals surface area contributed by atoms with Gasteiger partial charge in [0.1, 0.15) is 0 Å². The lowest BCUT2D eigenvalue weighted by molar-refractivity contribution is 0.135. The van der Waals surface area contributed by atoms with Crippen LogP contribution in [0.5, 0.6) is 0 Å². The van der Waals surface area contributed by atoms with Crippen molar-refractivity contribution in [3.8, 4) is 0 Å². The molecule has 8 heteroatoms. The number of anilines is 2. The van der Waals surface area contributed by atoms with Gasteiger partial charge in [-0.15, -0.1) is 0 Å². The summed E-state index contributed by atoms with van der Waals surface area (Å²) in [4.78, 5) is 0. The second-order valence-electron chi connectivity index (χ2n) is 5.87. The molecule has 0 spiro atoms. The number of hydrogen-bond acceptors (Lipinski definition) is 8. The number of nitrogen functional groups attached to an aromatic ring is 2. The molecule has 1 heterocycles. The third kappa shape index (κ3) is 12.2. The van der Waals surface area contributed by atoms with Gasteiger partial charge >= 0.3 is 0 Å². The molecule has 1 aliphatic heterocycles. The first-order chi connectivity index (χ1) is 13.4. The Morgan fingerprint density at radius 1 is 0.643 bits per heavy atom. The average molecular weight is 393 g/mol. The summed E-state index contributed by atoms with van der Waals surface area (Å²) in [5.41, 5.74) is 14.0. The van der Waals surface area contributed by atoms with Crippen molar-refractivity contribution >= 4 is 11.4 Å². The van der Waals surface area contributed by atoms with Crippen LogP contribution in [0.4, 0.5) is 11.4 Å². The van der Waals surface area contributed by atoms with Gasteiger partial charge in [0.05, 0.1) is 13.2 Å². The zero-order chi connectivity index (χ0) is 21.4. The molecule has 2 aromatic rings. The van der Waals surface area contributed by atoms with Gasteiger partial charge in [-0.3, -0.25) is 11.7 Å². The molecule has 0 unspecified atom stereocenters. The first kappa shape index (κ1) is 25.8. The van der Waals surface area contributed by atoms with Crippen LogP contribution in [-0.2, 0) is 13.2 Å². The van der Waals surface area contributed by atoms with E-state index >= 15 is 0 Å². The van der Waals surface area contributed by atoms with Gasteiger partial charge in [0.2, 0.25) is 0 Å². The fourth-order valence-electron chi connectivity index (χ4n) is 1.98. The van der Waals surface area contributed by atoms with E-state index in [2.05, 4.69) is 0 Å². The van der Waals surface area contributed by atoms with Crippen LogP contribution in [0.1, 0.15) is 25.0 Å². The van der Waals surface area contributed by atoms with Crippen LogP contribution in [0.15, 0.2) is 48.5 Å². The van der Waals surface area contributed by atoms with E-state index in [0.29, 0.717) is 0 Å². The first-order valence-corrected chi connectivity index (χ1v) is 9.34. The van der Waals surface area contributed by atoms with E-state index in [1.165, 1.54) is 0 Å². The van der Waals surface area contributed by atoms with E-state index in [-0.39, 0.29) is 13.2 Å². The fraction of sp³-hybridized carbons (Fsp3) is 0.400. The van der Waals surface area contributed by atoms with E-state index in [9.17, 15) is 0 Å². The molecule has 1 aliphatic rings. The van der Waals surface area contributed by atoms with E-state index in [4.69, 9.17) is 33.4 Å². The Bertz CT molecular complexity index is 544. The van der Waals surface area contributed by atoms with Crippen LogP contribution < -0.4 is 23.2 Å². The van der Waals surface area contributed by atoms with E-state index in [0.717, 1.165) is 48.7 Å². The Morgan fingerprint density at radius 2 is 0.893 bits per heavy atom. The van der Waals surface area contributed by atoms with Crippen LogP contribution in [0.3, 0.4) is 0 Å². The standard InChI is InChI=1S/2C7H9NO.C4H12N4.C2H6/c2*8-7-3-1-6(5-9)2-4-7;5-7-1-2-8(6)4-3-7;1-2/h2*1-4,9H,5,8H2;1-6H2;1-2H3. The second kappa shape index (κ2) is 15.8. The number of aliphatic hydroxyl groups is 2. The van der Waals surface area contributed by atoms with Crippen molar-refractivity contribution in [1.82, 2.24) is 10.0 Å². The quantitative estimate of drug-likeness (QED) is 0.326. The van der Waals surface area contributed by atoms with Crippen LogP contribution >= 0.6 is 0 Å². The molecule has 28 heavy (non-hydrogen) atoms. The number of rotatable bonds is 2. The summed E-state index contributed by atoms with van der Waals surface area (Å²) in [6, 6.07) is 14.3. The Kier molecular flexibility index (Phi) is 14.6. The molecule has 1 fully saturated rings. The first-order valence-electron chi connectivity index (χ1n) is 9.34. The molecule has 0 amide bonds. The van der Waals surface area contributed by atoms with Gasteiger partial charge in [-0.05, 0) is 35.4 Å². The zero-order valence-electron chi connectivity index (χ0n) is 17.0. The highest BCUT2D eigenvalue weighted by Crippen LogP contribution is 2.04. The van der Waals surface area contributed by atoms with Gasteiger partial charge in [0.25, 0.3) is 0 Å². The highest BCUT2D eigenvalue weighted by molar-refractivity contribution is 5.39. The highest BCUT2D eigenvalue weighted by Gasteiger charge is 2.09. The van der Waals surface area contributed by atoms with Gasteiger partial charge in [-0.25, -0.2) is 10.0 Å². The maximum Gasteiger partial charge on any atom is 0.0681 e. The molecule has 158 valence electrons. The van der Waals surface area contributed by atoms with Crippen LogP contribution in [-0.4, -0.2) is 46.4 Å². The third-order valence-electron chi connectivity index (χ3n) is 3.67. The fourth-order valence-corrected chi connectivity index (χ4v) is 1.98. The molecular formula is C20H36N6O2. The predicted molar refractivity (Wildman–Crippen MR) is 116 cm³/mol. The van der Waals surface area contributed by atoms with Gasteiger partial charge < -0.3 is 21.7 Å². The van der Waals surface area contributed by atoms with Gasteiger partial charge in [-0.1, -0.05) is 38.1 Å². The number of nitrogens with two attached hydrogens (primary N) is 4. The summed E-state index contributed by atoms with van der Waals surface area (Å²) in [5, 5.41) is 20.7. The lowest BCUT2D eigenvalue weighted by atomic mass is 10.2. The number of piperazine rings is 1. The molecule has 2 aromatic carbocycles. The molecule has 0 saturated carbocycles. The van der Waals surface area contributed by atoms with Crippen molar-refractivity contribution in [3.05, 3.63) is 59.7 Å². The van der Waals surface area contributed by atoms with Crippen LogP contribution in [0, 0.1) is 0 Å². The zero-order valence-corrected chi connectivity index (χ0v) is 17.0. The summed E-state index contributed by atoms with van der Waals surface area (Å²) in [6.45, 7) is 7.71. The maximum absolute atomic E-state index is 8.59. The van der Waals surface area contributed by atoms with Crippen molar-refractivity contribution in [3.63, 3.8) is 0 Å². The predicted octanol–water partition coefficient (Wildman–Crippen LogP) is 0.900. The number of benzene rings is 2. The van der Waals surface area contributed by atoms with E-state index in [1.807, 2.05) is 13.8 Å². The lowest BCUT2D eigenvalue weighted by Gasteiger charge is -2.28. The molecule has 0 radical (unpaired) electrons. The maximum atomic E-state index is 8.59. The minimum absolute atomic E-state index is 0.0836. The minimum Gasteiger partial charge on any atom is -0.399 e. The summed E-state index contributed by atoms with van der Waals surface area (Å²) in [6.07, 6.45) is 0.